The van der Waals surface area contributed by atoms with Gasteiger partial charge in [-0.25, -0.2) is 0 Å². The van der Waals surface area contributed by atoms with Gasteiger partial charge in [0, 0.05) is 11.8 Å². The summed E-state index contributed by atoms with van der Waals surface area (Å²) in [7, 11) is 0. The molecule has 0 unspecified atom stereocenters. The van der Waals surface area contributed by atoms with E-state index in [9.17, 15) is 4.79 Å². The van der Waals surface area contributed by atoms with Crippen LogP contribution in [-0.4, -0.2) is 4.98 Å². The number of H-pyrrole nitrogens is 1. The lowest BCUT2D eigenvalue weighted by Gasteiger charge is -2.03. The summed E-state index contributed by atoms with van der Waals surface area (Å²) >= 11 is 0. The third kappa shape index (κ3) is 3.07. The minimum Gasteiger partial charge on any atom is -0.371 e. The Balaban J connectivity index is 1.87. The molecule has 0 spiro atoms. The molecule has 1 aromatic carbocycles. The Morgan fingerprint density at radius 1 is 0.938 bits per heavy atom. The standard InChI is InChI=1S/C13H13NO2/c15-13-8-4-7-12(14-13)10-16-9-11-5-2-1-3-6-11/h1-8H,9-10H2,(H,14,15). The highest BCUT2D eigenvalue weighted by Gasteiger charge is 1.95. The third-order valence-electron chi connectivity index (χ3n) is 2.20. The molecule has 0 saturated carbocycles. The number of hydrogen-bond donors (Lipinski definition) is 1. The number of nitrogens with one attached hydrogen (secondary N) is 1. The molecular formula is C13H13NO2. The van der Waals surface area contributed by atoms with Crippen LogP contribution in [0.15, 0.2) is 53.3 Å². The summed E-state index contributed by atoms with van der Waals surface area (Å²) in [4.78, 5) is 13.7. The smallest absolute Gasteiger partial charge is 0.248 e. The maximum atomic E-state index is 11.0. The van der Waals surface area contributed by atoms with E-state index in [-0.39, 0.29) is 5.56 Å². The van der Waals surface area contributed by atoms with Crippen molar-refractivity contribution >= 4 is 0 Å². The molecule has 3 nitrogen and oxygen atoms in total. The second-order valence-electron chi connectivity index (χ2n) is 3.52. The van der Waals surface area contributed by atoms with Gasteiger partial charge in [-0.1, -0.05) is 36.4 Å². The Hall–Kier alpha value is -1.87. The summed E-state index contributed by atoms with van der Waals surface area (Å²) in [5.74, 6) is 0. The number of aromatic nitrogens is 1. The summed E-state index contributed by atoms with van der Waals surface area (Å²) < 4.78 is 5.49. The van der Waals surface area contributed by atoms with Gasteiger partial charge in [0.15, 0.2) is 0 Å². The van der Waals surface area contributed by atoms with Crippen LogP contribution in [0.1, 0.15) is 11.3 Å². The van der Waals surface area contributed by atoms with Crippen molar-refractivity contribution in [2.24, 2.45) is 0 Å². The molecule has 0 fully saturated rings. The van der Waals surface area contributed by atoms with Crippen LogP contribution in [0.25, 0.3) is 0 Å². The molecule has 0 radical (unpaired) electrons. The lowest BCUT2D eigenvalue weighted by molar-refractivity contribution is 0.104. The molecule has 0 aliphatic carbocycles. The van der Waals surface area contributed by atoms with E-state index in [4.69, 9.17) is 4.74 Å². The first-order valence-electron chi connectivity index (χ1n) is 5.14. The summed E-state index contributed by atoms with van der Waals surface area (Å²) in [5.41, 5.74) is 1.82. The monoisotopic (exact) mass is 215 g/mol. The molecule has 0 amide bonds. The molecule has 2 aromatic rings. The van der Waals surface area contributed by atoms with Gasteiger partial charge in [-0.15, -0.1) is 0 Å². The average molecular weight is 215 g/mol. The topological polar surface area (TPSA) is 42.1 Å². The minimum absolute atomic E-state index is 0.0965. The van der Waals surface area contributed by atoms with Crippen LogP contribution in [0.2, 0.25) is 0 Å². The zero-order valence-corrected chi connectivity index (χ0v) is 8.85. The van der Waals surface area contributed by atoms with Gasteiger partial charge in [0.2, 0.25) is 5.56 Å². The van der Waals surface area contributed by atoms with Crippen LogP contribution in [0.4, 0.5) is 0 Å². The van der Waals surface area contributed by atoms with E-state index >= 15 is 0 Å². The van der Waals surface area contributed by atoms with Crippen LogP contribution < -0.4 is 5.56 Å². The summed E-state index contributed by atoms with van der Waals surface area (Å²) in [6.07, 6.45) is 0. The molecule has 3 heteroatoms. The Morgan fingerprint density at radius 2 is 1.75 bits per heavy atom. The first-order valence-corrected chi connectivity index (χ1v) is 5.14. The van der Waals surface area contributed by atoms with E-state index in [1.54, 1.807) is 6.07 Å². The Morgan fingerprint density at radius 3 is 2.50 bits per heavy atom. The van der Waals surface area contributed by atoms with Crippen molar-refractivity contribution in [3.8, 4) is 0 Å². The molecule has 82 valence electrons. The van der Waals surface area contributed by atoms with Crippen molar-refractivity contribution in [3.05, 3.63) is 70.1 Å². The normalized spacial score (nSPS) is 10.2. The SMILES string of the molecule is O=c1cccc(COCc2ccccc2)[nH]1. The van der Waals surface area contributed by atoms with Crippen molar-refractivity contribution in [1.29, 1.82) is 0 Å². The Bertz CT molecular complexity index is 491. The highest BCUT2D eigenvalue weighted by molar-refractivity contribution is 5.13. The van der Waals surface area contributed by atoms with Crippen molar-refractivity contribution < 1.29 is 4.74 Å². The molecule has 1 N–H and O–H groups in total. The van der Waals surface area contributed by atoms with Gasteiger partial charge in [-0.3, -0.25) is 4.79 Å². The van der Waals surface area contributed by atoms with Crippen molar-refractivity contribution in [2.75, 3.05) is 0 Å². The molecule has 0 bridgehead atoms. The van der Waals surface area contributed by atoms with Crippen molar-refractivity contribution in [3.63, 3.8) is 0 Å². The zero-order valence-electron chi connectivity index (χ0n) is 8.85. The van der Waals surface area contributed by atoms with Crippen LogP contribution in [-0.2, 0) is 18.0 Å². The van der Waals surface area contributed by atoms with Crippen LogP contribution in [0, 0.1) is 0 Å². The quantitative estimate of drug-likeness (QED) is 0.848. The van der Waals surface area contributed by atoms with E-state index in [0.29, 0.717) is 13.2 Å². The summed E-state index contributed by atoms with van der Waals surface area (Å²) in [6, 6.07) is 15.0. The summed E-state index contributed by atoms with van der Waals surface area (Å²) in [5, 5.41) is 0. The van der Waals surface area contributed by atoms with E-state index in [0.717, 1.165) is 11.3 Å². The number of rotatable bonds is 4. The number of benzene rings is 1. The molecule has 16 heavy (non-hydrogen) atoms. The number of aromatic amines is 1. The Kier molecular flexibility index (Phi) is 3.51. The van der Waals surface area contributed by atoms with E-state index in [2.05, 4.69) is 4.98 Å². The second-order valence-corrected chi connectivity index (χ2v) is 3.52. The predicted molar refractivity (Wildman–Crippen MR) is 62.0 cm³/mol. The molecule has 2 rings (SSSR count). The van der Waals surface area contributed by atoms with Gasteiger partial charge in [-0.2, -0.15) is 0 Å². The van der Waals surface area contributed by atoms with E-state index in [1.165, 1.54) is 6.07 Å². The largest absolute Gasteiger partial charge is 0.371 e. The highest BCUT2D eigenvalue weighted by atomic mass is 16.5. The molecule has 1 heterocycles. The average Bonchev–Trinajstić information content (AvgIpc) is 2.30. The van der Waals surface area contributed by atoms with Crippen molar-refractivity contribution in [1.82, 2.24) is 4.98 Å². The third-order valence-corrected chi connectivity index (χ3v) is 2.20. The Labute approximate surface area is 93.7 Å². The lowest BCUT2D eigenvalue weighted by atomic mass is 10.2. The molecular weight excluding hydrogens is 202 g/mol. The molecule has 0 saturated heterocycles. The van der Waals surface area contributed by atoms with Gasteiger partial charge < -0.3 is 9.72 Å². The highest BCUT2D eigenvalue weighted by Crippen LogP contribution is 2.02. The predicted octanol–water partition coefficient (Wildman–Crippen LogP) is 2.09. The first kappa shape index (κ1) is 10.6. The lowest BCUT2D eigenvalue weighted by Crippen LogP contribution is -2.07. The fourth-order valence-corrected chi connectivity index (χ4v) is 1.43. The number of pyridine rings is 1. The molecule has 1 aromatic heterocycles. The maximum Gasteiger partial charge on any atom is 0.248 e. The van der Waals surface area contributed by atoms with Gasteiger partial charge in [0.05, 0.1) is 13.2 Å². The molecule has 0 atom stereocenters. The number of hydrogen-bond acceptors (Lipinski definition) is 2. The summed E-state index contributed by atoms with van der Waals surface area (Å²) in [6.45, 7) is 0.975. The maximum absolute atomic E-state index is 11.0. The van der Waals surface area contributed by atoms with E-state index < -0.39 is 0 Å². The second kappa shape index (κ2) is 5.28. The van der Waals surface area contributed by atoms with E-state index in [1.807, 2.05) is 36.4 Å². The number of ether oxygens (including phenoxy) is 1. The fraction of sp³-hybridized carbons (Fsp3) is 0.154. The van der Waals surface area contributed by atoms with Crippen LogP contribution >= 0.6 is 0 Å². The van der Waals surface area contributed by atoms with Crippen molar-refractivity contribution in [2.45, 2.75) is 13.2 Å². The minimum atomic E-state index is -0.0965. The van der Waals surface area contributed by atoms with Gasteiger partial charge in [0.25, 0.3) is 0 Å². The van der Waals surface area contributed by atoms with Gasteiger partial charge >= 0.3 is 0 Å². The fourth-order valence-electron chi connectivity index (χ4n) is 1.43. The van der Waals surface area contributed by atoms with Gasteiger partial charge in [-0.05, 0) is 11.6 Å². The molecule has 0 aliphatic rings. The van der Waals surface area contributed by atoms with Gasteiger partial charge in [0.1, 0.15) is 0 Å². The molecule has 0 aliphatic heterocycles. The first-order chi connectivity index (χ1) is 7.84. The van der Waals surface area contributed by atoms with Crippen LogP contribution in [0.5, 0.6) is 0 Å². The zero-order chi connectivity index (χ0) is 11.2. The van der Waals surface area contributed by atoms with Crippen LogP contribution in [0.3, 0.4) is 0 Å².